The molecule has 0 atom stereocenters. The summed E-state index contributed by atoms with van der Waals surface area (Å²) in [6.07, 6.45) is 1.76. The molecule has 4 nitrogen and oxygen atoms in total. The molecule has 2 aromatic rings. The molecular formula is C13H15ClFN3O. The van der Waals surface area contributed by atoms with Gasteiger partial charge in [-0.3, -0.25) is 0 Å². The quantitative estimate of drug-likeness (QED) is 0.828. The Balaban J connectivity index is 2.06. The van der Waals surface area contributed by atoms with Gasteiger partial charge < -0.3 is 10.1 Å². The van der Waals surface area contributed by atoms with Crippen molar-refractivity contribution in [3.63, 3.8) is 0 Å². The van der Waals surface area contributed by atoms with Crippen LogP contribution in [-0.4, -0.2) is 30.0 Å². The topological polar surface area (TPSA) is 39.1 Å². The van der Waals surface area contributed by atoms with Crippen molar-refractivity contribution in [2.24, 2.45) is 0 Å². The number of benzene rings is 1. The van der Waals surface area contributed by atoms with Crippen LogP contribution in [-0.2, 0) is 11.3 Å². The fourth-order valence-electron chi connectivity index (χ4n) is 1.64. The van der Waals surface area contributed by atoms with E-state index in [4.69, 9.17) is 16.3 Å². The van der Waals surface area contributed by atoms with Gasteiger partial charge in [0.1, 0.15) is 5.82 Å². The smallest absolute Gasteiger partial charge is 0.125 e. The van der Waals surface area contributed by atoms with Gasteiger partial charge in [0.25, 0.3) is 0 Å². The van der Waals surface area contributed by atoms with Crippen molar-refractivity contribution in [3.8, 4) is 5.69 Å². The highest BCUT2D eigenvalue weighted by molar-refractivity contribution is 6.32. The van der Waals surface area contributed by atoms with Crippen molar-refractivity contribution in [1.82, 2.24) is 15.1 Å². The lowest BCUT2D eigenvalue weighted by Gasteiger charge is -2.04. The summed E-state index contributed by atoms with van der Waals surface area (Å²) in [5.41, 5.74) is 1.39. The van der Waals surface area contributed by atoms with Crippen LogP contribution < -0.4 is 5.32 Å². The summed E-state index contributed by atoms with van der Waals surface area (Å²) < 4.78 is 19.7. The first-order chi connectivity index (χ1) is 9.20. The predicted molar refractivity (Wildman–Crippen MR) is 72.1 cm³/mol. The zero-order valence-electron chi connectivity index (χ0n) is 10.6. The van der Waals surface area contributed by atoms with Crippen LogP contribution in [0.5, 0.6) is 0 Å². The Bertz CT molecular complexity index is 544. The number of rotatable bonds is 6. The highest BCUT2D eigenvalue weighted by atomic mass is 35.5. The molecule has 0 spiro atoms. The number of hydrogen-bond acceptors (Lipinski definition) is 3. The fraction of sp³-hybridized carbons (Fsp3) is 0.308. The SMILES string of the molecule is COCCNCc1ccn(-c2cc(F)ccc2Cl)n1. The Morgan fingerprint density at radius 3 is 3.05 bits per heavy atom. The largest absolute Gasteiger partial charge is 0.383 e. The number of halogens is 2. The molecule has 0 radical (unpaired) electrons. The first kappa shape index (κ1) is 14.0. The summed E-state index contributed by atoms with van der Waals surface area (Å²) in [4.78, 5) is 0. The number of ether oxygens (including phenoxy) is 1. The molecule has 0 unspecified atom stereocenters. The molecule has 6 heteroatoms. The molecule has 1 aromatic carbocycles. The van der Waals surface area contributed by atoms with E-state index in [0.29, 0.717) is 23.9 Å². The second-order valence-corrected chi connectivity index (χ2v) is 4.42. The van der Waals surface area contributed by atoms with E-state index in [9.17, 15) is 4.39 Å². The molecule has 0 saturated carbocycles. The number of methoxy groups -OCH3 is 1. The first-order valence-corrected chi connectivity index (χ1v) is 6.28. The molecule has 1 heterocycles. The molecule has 0 amide bonds. The van der Waals surface area contributed by atoms with E-state index >= 15 is 0 Å². The molecule has 0 saturated heterocycles. The molecule has 0 aliphatic rings. The summed E-state index contributed by atoms with van der Waals surface area (Å²) in [5, 5.41) is 7.99. The zero-order chi connectivity index (χ0) is 13.7. The van der Waals surface area contributed by atoms with Gasteiger partial charge in [-0.1, -0.05) is 11.6 Å². The third kappa shape index (κ3) is 3.76. The van der Waals surface area contributed by atoms with Gasteiger partial charge in [-0.25, -0.2) is 9.07 Å². The molecule has 0 aliphatic carbocycles. The van der Waals surface area contributed by atoms with Gasteiger partial charge in [-0.05, 0) is 18.2 Å². The average molecular weight is 284 g/mol. The molecule has 1 N–H and O–H groups in total. The lowest BCUT2D eigenvalue weighted by Crippen LogP contribution is -2.18. The van der Waals surface area contributed by atoms with E-state index in [2.05, 4.69) is 10.4 Å². The van der Waals surface area contributed by atoms with Gasteiger partial charge in [-0.2, -0.15) is 5.10 Å². The number of nitrogens with zero attached hydrogens (tertiary/aromatic N) is 2. The lowest BCUT2D eigenvalue weighted by molar-refractivity contribution is 0.199. The average Bonchev–Trinajstić information content (AvgIpc) is 2.86. The molecule has 19 heavy (non-hydrogen) atoms. The molecule has 1 aromatic heterocycles. The van der Waals surface area contributed by atoms with E-state index in [1.165, 1.54) is 18.2 Å². The highest BCUT2D eigenvalue weighted by Gasteiger charge is 2.06. The Kier molecular flexibility index (Phi) is 4.90. The summed E-state index contributed by atoms with van der Waals surface area (Å²) in [6, 6.07) is 6.06. The van der Waals surface area contributed by atoms with Gasteiger partial charge in [0.05, 0.1) is 23.0 Å². The van der Waals surface area contributed by atoms with Crippen LogP contribution in [0.4, 0.5) is 4.39 Å². The Morgan fingerprint density at radius 2 is 2.26 bits per heavy atom. The molecule has 2 rings (SSSR count). The van der Waals surface area contributed by atoms with Crippen molar-refractivity contribution in [3.05, 3.63) is 47.0 Å². The molecule has 102 valence electrons. The van der Waals surface area contributed by atoms with Crippen LogP contribution in [0.3, 0.4) is 0 Å². The van der Waals surface area contributed by atoms with Crippen LogP contribution in [0.2, 0.25) is 5.02 Å². The third-order valence-electron chi connectivity index (χ3n) is 2.59. The van der Waals surface area contributed by atoms with Crippen LogP contribution >= 0.6 is 11.6 Å². The van der Waals surface area contributed by atoms with Crippen molar-refractivity contribution < 1.29 is 9.13 Å². The summed E-state index contributed by atoms with van der Waals surface area (Å²) in [6.45, 7) is 2.03. The monoisotopic (exact) mass is 283 g/mol. The summed E-state index contributed by atoms with van der Waals surface area (Å²) in [7, 11) is 1.66. The number of aromatic nitrogens is 2. The Hall–Kier alpha value is -1.43. The molecule has 0 fully saturated rings. The highest BCUT2D eigenvalue weighted by Crippen LogP contribution is 2.20. The maximum Gasteiger partial charge on any atom is 0.125 e. The Labute approximate surface area is 116 Å². The van der Waals surface area contributed by atoms with Crippen molar-refractivity contribution in [2.45, 2.75) is 6.54 Å². The van der Waals surface area contributed by atoms with Gasteiger partial charge in [0, 0.05) is 32.5 Å². The minimum atomic E-state index is -0.338. The number of hydrogen-bond donors (Lipinski definition) is 1. The van der Waals surface area contributed by atoms with E-state index in [0.717, 1.165) is 12.2 Å². The normalized spacial score (nSPS) is 10.9. The fourth-order valence-corrected chi connectivity index (χ4v) is 1.85. The van der Waals surface area contributed by atoms with Gasteiger partial charge >= 0.3 is 0 Å². The van der Waals surface area contributed by atoms with Crippen molar-refractivity contribution >= 4 is 11.6 Å². The summed E-state index contributed by atoms with van der Waals surface area (Å²) in [5.74, 6) is -0.338. The maximum atomic E-state index is 13.2. The van der Waals surface area contributed by atoms with E-state index in [1.807, 2.05) is 6.07 Å². The van der Waals surface area contributed by atoms with Gasteiger partial charge in [0.15, 0.2) is 0 Å². The Morgan fingerprint density at radius 1 is 1.42 bits per heavy atom. The van der Waals surface area contributed by atoms with Crippen molar-refractivity contribution in [1.29, 1.82) is 0 Å². The van der Waals surface area contributed by atoms with Gasteiger partial charge in [-0.15, -0.1) is 0 Å². The van der Waals surface area contributed by atoms with E-state index in [-0.39, 0.29) is 5.82 Å². The maximum absolute atomic E-state index is 13.2. The minimum absolute atomic E-state index is 0.338. The summed E-state index contributed by atoms with van der Waals surface area (Å²) >= 11 is 6.03. The first-order valence-electron chi connectivity index (χ1n) is 5.90. The van der Waals surface area contributed by atoms with Gasteiger partial charge in [0.2, 0.25) is 0 Å². The molecule has 0 aliphatic heterocycles. The van der Waals surface area contributed by atoms with Crippen LogP contribution in [0, 0.1) is 5.82 Å². The van der Waals surface area contributed by atoms with Crippen molar-refractivity contribution in [2.75, 3.05) is 20.3 Å². The minimum Gasteiger partial charge on any atom is -0.383 e. The second-order valence-electron chi connectivity index (χ2n) is 4.02. The standard InChI is InChI=1S/C13H15ClFN3O/c1-19-7-5-16-9-11-4-6-18(17-11)13-8-10(15)2-3-12(13)14/h2-4,6,8,16H,5,7,9H2,1H3. The molecular weight excluding hydrogens is 269 g/mol. The molecule has 0 bridgehead atoms. The second kappa shape index (κ2) is 6.65. The van der Waals surface area contributed by atoms with Crippen LogP contribution in [0.15, 0.2) is 30.5 Å². The predicted octanol–water partition coefficient (Wildman–Crippen LogP) is 2.40. The van der Waals surface area contributed by atoms with E-state index < -0.39 is 0 Å². The lowest BCUT2D eigenvalue weighted by atomic mass is 10.3. The van der Waals surface area contributed by atoms with Crippen LogP contribution in [0.25, 0.3) is 5.69 Å². The van der Waals surface area contributed by atoms with Crippen LogP contribution in [0.1, 0.15) is 5.69 Å². The number of nitrogens with one attached hydrogen (secondary N) is 1. The third-order valence-corrected chi connectivity index (χ3v) is 2.91. The zero-order valence-corrected chi connectivity index (χ0v) is 11.3. The van der Waals surface area contributed by atoms with E-state index in [1.54, 1.807) is 18.0 Å².